The number of nitrogens with zero attached hydrogens (tertiary/aromatic N) is 1. The summed E-state index contributed by atoms with van der Waals surface area (Å²) in [6.07, 6.45) is 6.99. The van der Waals surface area contributed by atoms with Crippen LogP contribution in [-0.2, 0) is 0 Å². The van der Waals surface area contributed by atoms with Crippen LogP contribution in [0.3, 0.4) is 0 Å². The van der Waals surface area contributed by atoms with Gasteiger partial charge in [-0.05, 0) is 31.5 Å². The minimum absolute atomic E-state index is 0.559. The van der Waals surface area contributed by atoms with Crippen molar-refractivity contribution in [3.63, 3.8) is 0 Å². The molecule has 1 heterocycles. The number of rotatable bonds is 5. The highest BCUT2D eigenvalue weighted by atomic mass is 15.1. The van der Waals surface area contributed by atoms with Gasteiger partial charge in [-0.2, -0.15) is 0 Å². The lowest BCUT2D eigenvalue weighted by Gasteiger charge is -2.25. The summed E-state index contributed by atoms with van der Waals surface area (Å²) in [5.41, 5.74) is 1.33. The van der Waals surface area contributed by atoms with E-state index in [4.69, 9.17) is 0 Å². The molecule has 0 spiro atoms. The highest BCUT2D eigenvalue weighted by Gasteiger charge is 2.09. The first-order chi connectivity index (χ1) is 7.68. The summed E-state index contributed by atoms with van der Waals surface area (Å²) in [4.78, 5) is 2.57. The Kier molecular flexibility index (Phi) is 6.74. The molecule has 0 amide bonds. The van der Waals surface area contributed by atoms with Crippen molar-refractivity contribution in [2.24, 2.45) is 0 Å². The zero-order chi connectivity index (χ0) is 11.8. The topological polar surface area (TPSA) is 15.3 Å². The van der Waals surface area contributed by atoms with Crippen molar-refractivity contribution in [1.29, 1.82) is 0 Å². The molecule has 0 atom stereocenters. The quantitative estimate of drug-likeness (QED) is 0.722. The van der Waals surface area contributed by atoms with Gasteiger partial charge in [-0.1, -0.05) is 39.7 Å². The van der Waals surface area contributed by atoms with Gasteiger partial charge in [0.05, 0.1) is 0 Å². The molecular weight excluding hydrogens is 196 g/mol. The second-order valence-electron chi connectivity index (χ2n) is 5.33. The second kappa shape index (κ2) is 7.86. The maximum atomic E-state index is 4.17. The fourth-order valence-electron chi connectivity index (χ4n) is 2.19. The van der Waals surface area contributed by atoms with E-state index in [1.165, 1.54) is 50.8 Å². The largest absolute Gasteiger partial charge is 0.311 e. The van der Waals surface area contributed by atoms with Crippen LogP contribution in [0.4, 0.5) is 0 Å². The van der Waals surface area contributed by atoms with Crippen LogP contribution in [0.5, 0.6) is 0 Å². The summed E-state index contributed by atoms with van der Waals surface area (Å²) < 4.78 is 0. The van der Waals surface area contributed by atoms with Crippen LogP contribution in [0.1, 0.15) is 46.0 Å². The third kappa shape index (κ3) is 6.29. The van der Waals surface area contributed by atoms with Crippen LogP contribution in [0.2, 0.25) is 0 Å². The first-order valence-electron chi connectivity index (χ1n) is 6.81. The predicted octanol–water partition coefficient (Wildman–Crippen LogP) is 2.81. The second-order valence-corrected chi connectivity index (χ2v) is 5.33. The van der Waals surface area contributed by atoms with Gasteiger partial charge in [0.15, 0.2) is 0 Å². The third-order valence-electron chi connectivity index (χ3n) is 3.16. The van der Waals surface area contributed by atoms with E-state index < -0.39 is 0 Å². The van der Waals surface area contributed by atoms with Crippen molar-refractivity contribution >= 4 is 0 Å². The Morgan fingerprint density at radius 2 is 1.69 bits per heavy atom. The predicted molar refractivity (Wildman–Crippen MR) is 71.8 cm³/mol. The van der Waals surface area contributed by atoms with Crippen LogP contribution in [0, 0.1) is 0 Å². The molecule has 1 aliphatic heterocycles. The van der Waals surface area contributed by atoms with E-state index >= 15 is 0 Å². The fourth-order valence-corrected chi connectivity index (χ4v) is 2.19. The smallest absolute Gasteiger partial charge is 0.0202 e. The molecule has 0 aromatic heterocycles. The van der Waals surface area contributed by atoms with Gasteiger partial charge in [-0.25, -0.2) is 0 Å². The van der Waals surface area contributed by atoms with Crippen molar-refractivity contribution < 1.29 is 0 Å². The van der Waals surface area contributed by atoms with Crippen LogP contribution >= 0.6 is 0 Å². The van der Waals surface area contributed by atoms with Crippen LogP contribution in [0.15, 0.2) is 12.2 Å². The Labute approximate surface area is 101 Å². The van der Waals surface area contributed by atoms with Gasteiger partial charge in [-0.15, -0.1) is 0 Å². The monoisotopic (exact) mass is 224 g/mol. The van der Waals surface area contributed by atoms with Gasteiger partial charge in [0.25, 0.3) is 0 Å². The van der Waals surface area contributed by atoms with Gasteiger partial charge >= 0.3 is 0 Å². The summed E-state index contributed by atoms with van der Waals surface area (Å²) in [6.45, 7) is 13.1. The maximum absolute atomic E-state index is 4.17. The average Bonchev–Trinajstić information content (AvgIpc) is 2.19. The van der Waals surface area contributed by atoms with E-state index in [9.17, 15) is 0 Å². The molecule has 16 heavy (non-hydrogen) atoms. The van der Waals surface area contributed by atoms with Gasteiger partial charge in [0.1, 0.15) is 0 Å². The normalized spacial score (nSPS) is 19.4. The first kappa shape index (κ1) is 13.7. The summed E-state index contributed by atoms with van der Waals surface area (Å²) >= 11 is 0. The van der Waals surface area contributed by atoms with Gasteiger partial charge in [-0.3, -0.25) is 4.90 Å². The molecular formula is C14H28N2. The minimum Gasteiger partial charge on any atom is -0.311 e. The van der Waals surface area contributed by atoms with Crippen molar-refractivity contribution in [3.8, 4) is 0 Å². The Bertz CT molecular complexity index is 191. The van der Waals surface area contributed by atoms with Gasteiger partial charge in [0.2, 0.25) is 0 Å². The Morgan fingerprint density at radius 1 is 1.12 bits per heavy atom. The molecule has 1 saturated heterocycles. The molecule has 1 aliphatic rings. The Balaban J connectivity index is 2.19. The molecule has 94 valence electrons. The molecule has 1 fully saturated rings. The average molecular weight is 224 g/mol. The maximum Gasteiger partial charge on any atom is 0.0202 e. The van der Waals surface area contributed by atoms with Crippen LogP contribution < -0.4 is 5.32 Å². The Morgan fingerprint density at radius 3 is 2.25 bits per heavy atom. The number of hydrogen-bond donors (Lipinski definition) is 1. The van der Waals surface area contributed by atoms with Gasteiger partial charge in [0, 0.05) is 19.1 Å². The zero-order valence-electron chi connectivity index (χ0n) is 11.1. The molecule has 0 bridgehead atoms. The minimum atomic E-state index is 0.559. The molecule has 1 N–H and O–H groups in total. The summed E-state index contributed by atoms with van der Waals surface area (Å²) in [5.74, 6) is 0. The molecule has 0 aromatic rings. The molecule has 2 nitrogen and oxygen atoms in total. The van der Waals surface area contributed by atoms with E-state index in [0.717, 1.165) is 13.1 Å². The number of nitrogens with one attached hydrogen (secondary N) is 1. The highest BCUT2D eigenvalue weighted by molar-refractivity contribution is 5.00. The summed E-state index contributed by atoms with van der Waals surface area (Å²) in [5, 5.41) is 3.44. The standard InChI is InChI=1S/C14H28N2/c1-13(2)15-11-14(3)12-16-9-7-5-4-6-8-10-16/h13,15H,3-12H2,1-2H3. The molecule has 0 unspecified atom stereocenters. The SMILES string of the molecule is C=C(CNC(C)C)CN1CCCCCCC1. The third-order valence-corrected chi connectivity index (χ3v) is 3.16. The first-order valence-corrected chi connectivity index (χ1v) is 6.81. The molecule has 0 saturated carbocycles. The summed E-state index contributed by atoms with van der Waals surface area (Å²) in [6, 6.07) is 0.559. The van der Waals surface area contributed by atoms with Crippen molar-refractivity contribution in [1.82, 2.24) is 10.2 Å². The van der Waals surface area contributed by atoms with Gasteiger partial charge < -0.3 is 5.32 Å². The van der Waals surface area contributed by atoms with E-state index in [0.29, 0.717) is 6.04 Å². The lowest BCUT2D eigenvalue weighted by atomic mass is 10.1. The molecule has 1 rings (SSSR count). The van der Waals surface area contributed by atoms with E-state index in [1.54, 1.807) is 0 Å². The van der Waals surface area contributed by atoms with Crippen molar-refractivity contribution in [2.45, 2.75) is 52.0 Å². The Hall–Kier alpha value is -0.340. The number of likely N-dealkylation sites (tertiary alicyclic amines) is 1. The molecule has 0 radical (unpaired) electrons. The highest BCUT2D eigenvalue weighted by Crippen LogP contribution is 2.11. The van der Waals surface area contributed by atoms with E-state index in [2.05, 4.69) is 30.6 Å². The molecule has 2 heteroatoms. The van der Waals surface area contributed by atoms with E-state index in [1.807, 2.05) is 0 Å². The molecule has 0 aliphatic carbocycles. The van der Waals surface area contributed by atoms with Crippen LogP contribution in [-0.4, -0.2) is 37.1 Å². The molecule has 0 aromatic carbocycles. The number of hydrogen-bond acceptors (Lipinski definition) is 2. The fraction of sp³-hybridized carbons (Fsp3) is 0.857. The summed E-state index contributed by atoms with van der Waals surface area (Å²) in [7, 11) is 0. The van der Waals surface area contributed by atoms with Crippen LogP contribution in [0.25, 0.3) is 0 Å². The van der Waals surface area contributed by atoms with Crippen molar-refractivity contribution in [3.05, 3.63) is 12.2 Å². The zero-order valence-corrected chi connectivity index (χ0v) is 11.1. The lowest BCUT2D eigenvalue weighted by molar-refractivity contribution is 0.264. The lowest BCUT2D eigenvalue weighted by Crippen LogP contribution is -2.33. The van der Waals surface area contributed by atoms with E-state index in [-0.39, 0.29) is 0 Å². The van der Waals surface area contributed by atoms with Crippen molar-refractivity contribution in [2.75, 3.05) is 26.2 Å².